The summed E-state index contributed by atoms with van der Waals surface area (Å²) < 4.78 is 12.7. The van der Waals surface area contributed by atoms with Crippen molar-refractivity contribution in [2.75, 3.05) is 19.3 Å². The highest BCUT2D eigenvalue weighted by atomic mass is 32.2. The molecule has 4 aliphatic rings. The molecule has 150 valence electrons. The average Bonchev–Trinajstić information content (AvgIpc) is 3.17. The van der Waals surface area contributed by atoms with Gasteiger partial charge < -0.3 is 9.47 Å². The van der Waals surface area contributed by atoms with Gasteiger partial charge >= 0.3 is 5.97 Å². The molecule has 0 amide bonds. The molecule has 0 aromatic heterocycles. The number of esters is 1. The van der Waals surface area contributed by atoms with E-state index in [0.29, 0.717) is 16.6 Å². The third-order valence-corrected chi connectivity index (χ3v) is 8.67. The molecule has 2 aliphatic heterocycles. The number of ether oxygens (including phenoxy) is 2. The number of hydrogen-bond acceptors (Lipinski definition) is 7. The molecule has 6 atom stereocenters. The van der Waals surface area contributed by atoms with Gasteiger partial charge in [0.25, 0.3) is 0 Å². The summed E-state index contributed by atoms with van der Waals surface area (Å²) in [6.45, 7) is 5.57. The Morgan fingerprint density at radius 2 is 1.96 bits per heavy atom. The normalized spacial score (nSPS) is 43.6. The summed E-state index contributed by atoms with van der Waals surface area (Å²) in [5.74, 6) is 0.336. The summed E-state index contributed by atoms with van der Waals surface area (Å²) in [4.78, 5) is 27.9. The second kappa shape index (κ2) is 6.99. The number of thiocarbonyl (C=S) groups is 1. The van der Waals surface area contributed by atoms with Crippen LogP contribution in [-0.2, 0) is 19.1 Å². The fraction of sp³-hybridized carbons (Fsp3) is 0.850. The number of hydrogen-bond donors (Lipinski definition) is 0. The largest absolute Gasteiger partial charge is 0.475 e. The molecule has 0 aromatic carbocycles. The number of carbonyl (C=O) groups excluding carboxylic acids is 2. The molecule has 7 heteroatoms. The van der Waals surface area contributed by atoms with Crippen LogP contribution in [0, 0.1) is 17.3 Å². The van der Waals surface area contributed by atoms with Gasteiger partial charge in [0, 0.05) is 24.7 Å². The van der Waals surface area contributed by atoms with E-state index in [1.165, 1.54) is 18.7 Å². The van der Waals surface area contributed by atoms with E-state index in [9.17, 15) is 9.59 Å². The van der Waals surface area contributed by atoms with Crippen molar-refractivity contribution in [3.63, 3.8) is 0 Å². The van der Waals surface area contributed by atoms with Crippen LogP contribution >= 0.6 is 24.0 Å². The van der Waals surface area contributed by atoms with Gasteiger partial charge in [-0.05, 0) is 69.6 Å². The van der Waals surface area contributed by atoms with Gasteiger partial charge in [-0.15, -0.1) is 0 Å². The van der Waals surface area contributed by atoms with E-state index in [1.54, 1.807) is 0 Å². The minimum absolute atomic E-state index is 0.0594. The van der Waals surface area contributed by atoms with E-state index >= 15 is 0 Å². The van der Waals surface area contributed by atoms with Crippen LogP contribution in [-0.4, -0.2) is 58.1 Å². The van der Waals surface area contributed by atoms with E-state index < -0.39 is 5.54 Å². The molecule has 2 saturated carbocycles. The first-order valence-electron chi connectivity index (χ1n) is 10.1. The van der Waals surface area contributed by atoms with Crippen LogP contribution < -0.4 is 0 Å². The van der Waals surface area contributed by atoms with Crippen LogP contribution in [0.1, 0.15) is 52.4 Å². The van der Waals surface area contributed by atoms with Gasteiger partial charge in [-0.2, -0.15) is 0 Å². The van der Waals surface area contributed by atoms with E-state index in [4.69, 9.17) is 21.7 Å². The van der Waals surface area contributed by atoms with Gasteiger partial charge in [0.05, 0.1) is 5.54 Å². The van der Waals surface area contributed by atoms with E-state index in [2.05, 4.69) is 11.8 Å². The van der Waals surface area contributed by atoms with Gasteiger partial charge in [-0.1, -0.05) is 18.7 Å². The van der Waals surface area contributed by atoms with Crippen LogP contribution in [0.25, 0.3) is 0 Å². The summed E-state index contributed by atoms with van der Waals surface area (Å²) in [5, 5.41) is 0. The number of ketones is 1. The van der Waals surface area contributed by atoms with E-state index in [-0.39, 0.29) is 35.4 Å². The lowest BCUT2D eigenvalue weighted by Crippen LogP contribution is -2.69. The molecular weight excluding hydrogens is 382 g/mol. The summed E-state index contributed by atoms with van der Waals surface area (Å²) >= 11 is 6.81. The second-order valence-electron chi connectivity index (χ2n) is 8.68. The molecule has 0 N–H and O–H groups in total. The number of Topliss-reactive ketones (excluding diaryl/α,β-unsaturated/α-hetero) is 1. The van der Waals surface area contributed by atoms with Crippen molar-refractivity contribution < 1.29 is 19.1 Å². The van der Waals surface area contributed by atoms with Crippen LogP contribution in [0.5, 0.6) is 0 Å². The predicted octanol–water partition coefficient (Wildman–Crippen LogP) is 3.19. The minimum atomic E-state index is -0.473. The van der Waals surface area contributed by atoms with Crippen molar-refractivity contribution >= 4 is 40.1 Å². The second-order valence-corrected chi connectivity index (χ2v) is 10.1. The first-order valence-corrected chi connectivity index (χ1v) is 11.7. The van der Waals surface area contributed by atoms with Gasteiger partial charge in [-0.25, -0.2) is 0 Å². The zero-order chi connectivity index (χ0) is 19.4. The number of rotatable bonds is 2. The van der Waals surface area contributed by atoms with Crippen molar-refractivity contribution in [3.05, 3.63) is 0 Å². The zero-order valence-electron chi connectivity index (χ0n) is 16.4. The zero-order valence-corrected chi connectivity index (χ0v) is 18.0. The lowest BCUT2D eigenvalue weighted by atomic mass is 9.52. The lowest BCUT2D eigenvalue weighted by Gasteiger charge is -2.60. The maximum Gasteiger partial charge on any atom is 0.302 e. The van der Waals surface area contributed by atoms with Crippen LogP contribution in [0.15, 0.2) is 0 Å². The van der Waals surface area contributed by atoms with Crippen molar-refractivity contribution in [1.29, 1.82) is 0 Å². The Balaban J connectivity index is 1.82. The Labute approximate surface area is 170 Å². The van der Waals surface area contributed by atoms with Crippen LogP contribution in [0.3, 0.4) is 0 Å². The lowest BCUT2D eigenvalue weighted by molar-refractivity contribution is -0.202. The highest BCUT2D eigenvalue weighted by Gasteiger charge is 2.76. The Bertz CT molecular complexity index is 670. The monoisotopic (exact) mass is 411 g/mol. The van der Waals surface area contributed by atoms with Crippen molar-refractivity contribution in [3.8, 4) is 0 Å². The molecule has 2 aliphatic carbocycles. The molecular formula is C20H29NO4S2. The van der Waals surface area contributed by atoms with Crippen LogP contribution in [0.4, 0.5) is 0 Å². The minimum Gasteiger partial charge on any atom is -0.475 e. The molecule has 0 aromatic rings. The van der Waals surface area contributed by atoms with Gasteiger partial charge in [0.2, 0.25) is 4.38 Å². The molecule has 0 radical (unpaired) electrons. The molecule has 4 rings (SSSR count). The standard InChI is InChI=1S/C20H29NO4S2/c1-12-10-16(24-13(2)22)19-6-4-8-21-9-5-7-20(19,21)15(23)11-14(19)17(12)25-18(26)27-3/h12,14,16-17H,4-11H2,1-3H3/t12-,14+,16-,17-,19+,20-/m0/s1. The van der Waals surface area contributed by atoms with Crippen molar-refractivity contribution in [2.24, 2.45) is 17.3 Å². The topological polar surface area (TPSA) is 55.8 Å². The SMILES string of the molecule is CSC(=S)O[C@@H]1[C@H]2CC(=O)[C@]34CCCN3CCC[C@]24[C@@H](OC(C)=O)C[C@@H]1C. The summed E-state index contributed by atoms with van der Waals surface area (Å²) in [6, 6.07) is 0. The highest BCUT2D eigenvalue weighted by molar-refractivity contribution is 8.22. The first-order chi connectivity index (χ1) is 12.9. The number of nitrogens with zero attached hydrogens (tertiary/aromatic N) is 1. The molecule has 4 fully saturated rings. The van der Waals surface area contributed by atoms with Gasteiger partial charge in [-0.3, -0.25) is 14.5 Å². The molecule has 27 heavy (non-hydrogen) atoms. The van der Waals surface area contributed by atoms with Crippen molar-refractivity contribution in [2.45, 2.75) is 70.1 Å². The molecule has 0 unspecified atom stereocenters. The molecule has 2 spiro atoms. The fourth-order valence-corrected chi connectivity index (χ4v) is 7.28. The fourth-order valence-electron chi connectivity index (χ4n) is 6.96. The summed E-state index contributed by atoms with van der Waals surface area (Å²) in [7, 11) is 0. The maximum absolute atomic E-state index is 13.5. The van der Waals surface area contributed by atoms with Gasteiger partial charge in [0.1, 0.15) is 12.2 Å². The van der Waals surface area contributed by atoms with Gasteiger partial charge in [0.15, 0.2) is 5.78 Å². The molecule has 0 bridgehead atoms. The molecule has 5 nitrogen and oxygen atoms in total. The summed E-state index contributed by atoms with van der Waals surface area (Å²) in [6.07, 6.45) is 6.76. The third kappa shape index (κ3) is 2.64. The van der Waals surface area contributed by atoms with E-state index in [0.717, 1.165) is 45.2 Å². The number of carbonyl (C=O) groups is 2. The molecule has 2 heterocycles. The third-order valence-electron chi connectivity index (χ3n) is 7.65. The van der Waals surface area contributed by atoms with E-state index in [1.807, 2.05) is 6.26 Å². The number of thioether (sulfide) groups is 1. The van der Waals surface area contributed by atoms with Crippen molar-refractivity contribution in [1.82, 2.24) is 4.90 Å². The first kappa shape index (κ1) is 19.6. The highest BCUT2D eigenvalue weighted by Crippen LogP contribution is 2.67. The Morgan fingerprint density at radius 3 is 2.63 bits per heavy atom. The smallest absolute Gasteiger partial charge is 0.302 e. The molecule has 2 saturated heterocycles. The Hall–Kier alpha value is -0.660. The summed E-state index contributed by atoms with van der Waals surface area (Å²) in [5.41, 5.74) is -0.811. The Morgan fingerprint density at radius 1 is 1.26 bits per heavy atom. The Kier molecular flexibility index (Phi) is 5.09. The maximum atomic E-state index is 13.5. The average molecular weight is 412 g/mol. The quantitative estimate of drug-likeness (QED) is 0.511. The predicted molar refractivity (Wildman–Crippen MR) is 109 cm³/mol. The van der Waals surface area contributed by atoms with Crippen LogP contribution in [0.2, 0.25) is 0 Å². The number of piperidine rings is 1.